The molecule has 0 saturated heterocycles. The van der Waals surface area contributed by atoms with Gasteiger partial charge in [-0.3, -0.25) is 0 Å². The molecular weight excluding hydrogens is 220 g/mol. The lowest BCUT2D eigenvalue weighted by molar-refractivity contribution is -0.138. The molecule has 1 aromatic rings. The monoisotopic (exact) mass is 234 g/mol. The van der Waals surface area contributed by atoms with Gasteiger partial charge in [0.15, 0.2) is 0 Å². The van der Waals surface area contributed by atoms with Crippen LogP contribution in [0.15, 0.2) is 29.8 Å². The fraction of sp³-hybridized carbons (Fsp3) is 0.231. The van der Waals surface area contributed by atoms with E-state index in [2.05, 4.69) is 0 Å². The number of carboxylic acid groups (broad SMARTS) is 1. The van der Waals surface area contributed by atoms with Crippen molar-refractivity contribution in [1.29, 1.82) is 0 Å². The molecule has 0 aromatic heterocycles. The van der Waals surface area contributed by atoms with E-state index in [4.69, 9.17) is 9.84 Å². The van der Waals surface area contributed by atoms with Gasteiger partial charge in [-0.05, 0) is 31.6 Å². The Hall–Kier alpha value is -2.10. The van der Waals surface area contributed by atoms with Crippen LogP contribution in [0, 0.1) is 0 Å². The Kier molecular flexibility index (Phi) is 4.46. The summed E-state index contributed by atoms with van der Waals surface area (Å²) >= 11 is 0. The lowest BCUT2D eigenvalue weighted by Gasteiger charge is -2.04. The molecule has 4 heteroatoms. The first-order valence-electron chi connectivity index (χ1n) is 5.24. The summed E-state index contributed by atoms with van der Waals surface area (Å²) in [6.45, 7) is 3.61. The first-order valence-corrected chi connectivity index (χ1v) is 5.24. The third kappa shape index (κ3) is 3.45. The van der Waals surface area contributed by atoms with Gasteiger partial charge < -0.3 is 9.84 Å². The molecule has 0 bridgehead atoms. The van der Waals surface area contributed by atoms with Crippen LogP contribution >= 0.6 is 0 Å². The zero-order valence-corrected chi connectivity index (χ0v) is 9.77. The minimum atomic E-state index is -1.02. The van der Waals surface area contributed by atoms with Crippen molar-refractivity contribution >= 4 is 18.0 Å². The van der Waals surface area contributed by atoms with Gasteiger partial charge in [0.1, 0.15) is 0 Å². The highest BCUT2D eigenvalue weighted by Crippen LogP contribution is 2.13. The molecule has 0 fully saturated rings. The second kappa shape index (κ2) is 5.84. The van der Waals surface area contributed by atoms with E-state index in [0.717, 1.165) is 0 Å². The normalized spacial score (nSPS) is 11.1. The Morgan fingerprint density at radius 2 is 2.00 bits per heavy atom. The van der Waals surface area contributed by atoms with Crippen LogP contribution in [-0.4, -0.2) is 23.7 Å². The minimum absolute atomic E-state index is 0.163. The molecule has 0 radical (unpaired) electrons. The maximum absolute atomic E-state index is 11.4. The smallest absolute Gasteiger partial charge is 0.336 e. The first kappa shape index (κ1) is 13.0. The third-order valence-electron chi connectivity index (χ3n) is 2.16. The van der Waals surface area contributed by atoms with Gasteiger partial charge in [-0.25, -0.2) is 9.59 Å². The van der Waals surface area contributed by atoms with E-state index in [1.165, 1.54) is 12.1 Å². The second-order valence-corrected chi connectivity index (χ2v) is 3.44. The highest BCUT2D eigenvalue weighted by Gasteiger charge is 2.10. The van der Waals surface area contributed by atoms with Gasteiger partial charge in [0.2, 0.25) is 0 Å². The molecule has 0 unspecified atom stereocenters. The number of carbonyl (C=O) groups is 2. The van der Waals surface area contributed by atoms with Crippen LogP contribution in [0.5, 0.6) is 0 Å². The van der Waals surface area contributed by atoms with Gasteiger partial charge in [-0.1, -0.05) is 18.2 Å². The van der Waals surface area contributed by atoms with E-state index >= 15 is 0 Å². The molecule has 0 aliphatic heterocycles. The summed E-state index contributed by atoms with van der Waals surface area (Å²) in [4.78, 5) is 22.3. The zero-order chi connectivity index (χ0) is 12.8. The van der Waals surface area contributed by atoms with Gasteiger partial charge in [0.25, 0.3) is 0 Å². The molecule has 17 heavy (non-hydrogen) atoms. The standard InChI is InChI=1S/C13H14O4/c1-3-17-13(16)9(2)8-10-6-4-5-7-11(10)12(14)15/h4-8H,3H2,1-2H3,(H,14,15)/b9-8+. The SMILES string of the molecule is CCOC(=O)/C(C)=C/c1ccccc1C(=O)O. The molecule has 1 N–H and O–H groups in total. The second-order valence-electron chi connectivity index (χ2n) is 3.44. The number of carbonyl (C=O) groups excluding carboxylic acids is 1. The molecule has 0 heterocycles. The highest BCUT2D eigenvalue weighted by atomic mass is 16.5. The quantitative estimate of drug-likeness (QED) is 0.641. The average molecular weight is 234 g/mol. The predicted octanol–water partition coefficient (Wildman–Crippen LogP) is 2.35. The van der Waals surface area contributed by atoms with E-state index in [9.17, 15) is 9.59 Å². The van der Waals surface area contributed by atoms with E-state index in [-0.39, 0.29) is 5.56 Å². The maximum Gasteiger partial charge on any atom is 0.336 e. The number of hydrogen-bond acceptors (Lipinski definition) is 3. The van der Waals surface area contributed by atoms with E-state index in [0.29, 0.717) is 17.7 Å². The fourth-order valence-corrected chi connectivity index (χ4v) is 1.35. The molecule has 0 saturated carbocycles. The molecule has 0 aliphatic carbocycles. The van der Waals surface area contributed by atoms with Crippen LogP contribution in [0.2, 0.25) is 0 Å². The predicted molar refractivity (Wildman–Crippen MR) is 63.7 cm³/mol. The largest absolute Gasteiger partial charge is 0.478 e. The van der Waals surface area contributed by atoms with Crippen molar-refractivity contribution in [3.05, 3.63) is 41.0 Å². The van der Waals surface area contributed by atoms with Crippen molar-refractivity contribution in [3.8, 4) is 0 Å². The number of aromatic carboxylic acids is 1. The number of hydrogen-bond donors (Lipinski definition) is 1. The maximum atomic E-state index is 11.4. The lowest BCUT2D eigenvalue weighted by atomic mass is 10.1. The van der Waals surface area contributed by atoms with Crippen LogP contribution in [0.25, 0.3) is 6.08 Å². The minimum Gasteiger partial charge on any atom is -0.478 e. The topological polar surface area (TPSA) is 63.6 Å². The van der Waals surface area contributed by atoms with E-state index < -0.39 is 11.9 Å². The molecule has 0 aliphatic rings. The average Bonchev–Trinajstić information content (AvgIpc) is 2.29. The van der Waals surface area contributed by atoms with Crippen LogP contribution in [0.1, 0.15) is 29.8 Å². The summed E-state index contributed by atoms with van der Waals surface area (Å²) in [6, 6.07) is 6.50. The Bertz CT molecular complexity index is 460. The van der Waals surface area contributed by atoms with Gasteiger partial charge in [0, 0.05) is 5.57 Å². The van der Waals surface area contributed by atoms with Crippen molar-refractivity contribution in [2.24, 2.45) is 0 Å². The highest BCUT2D eigenvalue weighted by molar-refractivity contribution is 5.97. The van der Waals surface area contributed by atoms with Crippen LogP contribution in [0.4, 0.5) is 0 Å². The summed E-state index contributed by atoms with van der Waals surface area (Å²) in [6.07, 6.45) is 1.52. The Labute approximate surface area is 99.5 Å². The van der Waals surface area contributed by atoms with Crippen molar-refractivity contribution < 1.29 is 19.4 Å². The zero-order valence-electron chi connectivity index (χ0n) is 9.77. The number of esters is 1. The summed E-state index contributed by atoms with van der Waals surface area (Å²) in [7, 11) is 0. The molecule has 90 valence electrons. The summed E-state index contributed by atoms with van der Waals surface area (Å²) in [5, 5.41) is 8.98. The summed E-state index contributed by atoms with van der Waals surface area (Å²) in [5.41, 5.74) is 1.03. The Morgan fingerprint density at radius 1 is 1.35 bits per heavy atom. The van der Waals surface area contributed by atoms with E-state index in [1.54, 1.807) is 32.0 Å². The van der Waals surface area contributed by atoms with Crippen LogP contribution < -0.4 is 0 Å². The van der Waals surface area contributed by atoms with Gasteiger partial charge in [-0.2, -0.15) is 0 Å². The van der Waals surface area contributed by atoms with Crippen molar-refractivity contribution in [2.75, 3.05) is 6.61 Å². The molecule has 1 rings (SSSR count). The lowest BCUT2D eigenvalue weighted by Crippen LogP contribution is -2.06. The molecule has 0 spiro atoms. The van der Waals surface area contributed by atoms with E-state index in [1.807, 2.05) is 0 Å². The number of rotatable bonds is 4. The first-order chi connectivity index (χ1) is 8.06. The molecule has 4 nitrogen and oxygen atoms in total. The Morgan fingerprint density at radius 3 is 2.59 bits per heavy atom. The van der Waals surface area contributed by atoms with Crippen LogP contribution in [0.3, 0.4) is 0 Å². The summed E-state index contributed by atoms with van der Waals surface area (Å²) < 4.78 is 4.82. The molecular formula is C13H14O4. The number of ether oxygens (including phenoxy) is 1. The van der Waals surface area contributed by atoms with Gasteiger partial charge in [-0.15, -0.1) is 0 Å². The molecule has 0 amide bonds. The fourth-order valence-electron chi connectivity index (χ4n) is 1.35. The number of carboxylic acids is 1. The number of benzene rings is 1. The van der Waals surface area contributed by atoms with Crippen LogP contribution in [-0.2, 0) is 9.53 Å². The molecule has 1 aromatic carbocycles. The van der Waals surface area contributed by atoms with Gasteiger partial charge >= 0.3 is 11.9 Å². The van der Waals surface area contributed by atoms with Crippen molar-refractivity contribution in [2.45, 2.75) is 13.8 Å². The van der Waals surface area contributed by atoms with Crippen molar-refractivity contribution in [3.63, 3.8) is 0 Å². The third-order valence-corrected chi connectivity index (χ3v) is 2.16. The van der Waals surface area contributed by atoms with Crippen molar-refractivity contribution in [1.82, 2.24) is 0 Å². The van der Waals surface area contributed by atoms with Gasteiger partial charge in [0.05, 0.1) is 12.2 Å². The molecule has 0 atom stereocenters. The Balaban J connectivity index is 3.05. The summed E-state index contributed by atoms with van der Waals surface area (Å²) in [5.74, 6) is -1.46.